The zero-order valence-electron chi connectivity index (χ0n) is 37.6. The molecule has 7 N–H and O–H groups in total. The van der Waals surface area contributed by atoms with Gasteiger partial charge in [0.25, 0.3) is 0 Å². The van der Waals surface area contributed by atoms with Crippen LogP contribution in [0.4, 0.5) is 0 Å². The predicted octanol–water partition coefficient (Wildman–Crippen LogP) is 2.49. The van der Waals surface area contributed by atoms with E-state index in [9.17, 15) is 35.7 Å². The molecule has 0 aromatic heterocycles. The van der Waals surface area contributed by atoms with Crippen LogP contribution in [0.15, 0.2) is 0 Å². The molecule has 0 bridgehead atoms. The molecule has 13 nitrogen and oxygen atoms in total. The van der Waals surface area contributed by atoms with Crippen molar-refractivity contribution in [1.29, 1.82) is 0 Å². The summed E-state index contributed by atoms with van der Waals surface area (Å²) < 4.78 is 29.4. The number of nitrogens with zero attached hydrogens (tertiary/aromatic N) is 1. The molecule has 14 heteroatoms. The third kappa shape index (κ3) is 24.4. The first-order valence-electron chi connectivity index (χ1n) is 23.6. The molecule has 59 heavy (non-hydrogen) atoms. The van der Waals surface area contributed by atoms with Crippen molar-refractivity contribution in [3.63, 3.8) is 0 Å². The molecule has 0 radical (unpaired) electrons. The van der Waals surface area contributed by atoms with E-state index in [0.29, 0.717) is 17.6 Å². The Morgan fingerprint density at radius 3 is 1.29 bits per heavy atom. The summed E-state index contributed by atoms with van der Waals surface area (Å²) in [4.78, 5) is 0. The highest BCUT2D eigenvalue weighted by molar-refractivity contribution is 4.92. The minimum atomic E-state index is -1.62. The molecule has 0 saturated carbocycles. The van der Waals surface area contributed by atoms with Crippen molar-refractivity contribution in [2.75, 3.05) is 53.6 Å². The van der Waals surface area contributed by atoms with Crippen molar-refractivity contribution in [1.82, 2.24) is 0 Å². The normalized spacial score (nSPS) is 28.1. The van der Waals surface area contributed by atoms with Crippen molar-refractivity contribution in [2.24, 2.45) is 0 Å². The minimum absolute atomic E-state index is 0. The molecule has 2 rings (SSSR count). The van der Waals surface area contributed by atoms with Gasteiger partial charge in [0, 0.05) is 6.61 Å². The molecule has 2 aliphatic rings. The first-order valence-corrected chi connectivity index (χ1v) is 23.6. The third-order valence-corrected chi connectivity index (χ3v) is 12.0. The van der Waals surface area contributed by atoms with Gasteiger partial charge in [-0.2, -0.15) is 0 Å². The first-order chi connectivity index (χ1) is 27.9. The SMILES string of the molecule is CCCCCCCCCCCCCCO[C@@H]1O[C@H](CO[C@H]2O[C@H](COCC(O)C[N+](C)(C)CCCCCCCCCCCCCC)[C@@H](O)[C@H](O)[C@H]2O)[C@@H](O)[C@H](O)[C@H]1O.[Cl-]. The van der Waals surface area contributed by atoms with Crippen LogP contribution in [-0.4, -0.2) is 161 Å². The Morgan fingerprint density at radius 1 is 0.475 bits per heavy atom. The number of rotatable bonds is 36. The maximum Gasteiger partial charge on any atom is 0.186 e. The Balaban J connectivity index is 0.0000174. The largest absolute Gasteiger partial charge is 1.00 e. The Kier molecular flexibility index (Phi) is 32.9. The molecule has 0 aromatic carbocycles. The molecule has 2 fully saturated rings. The van der Waals surface area contributed by atoms with Crippen molar-refractivity contribution in [3.05, 3.63) is 0 Å². The lowest BCUT2D eigenvalue weighted by Crippen LogP contribution is -3.00. The molecule has 1 unspecified atom stereocenters. The first kappa shape index (κ1) is 56.8. The lowest BCUT2D eigenvalue weighted by Gasteiger charge is -2.43. The monoisotopic (exact) mass is 872 g/mol. The number of ether oxygens (including phenoxy) is 5. The zero-order valence-corrected chi connectivity index (χ0v) is 38.3. The highest BCUT2D eigenvalue weighted by Crippen LogP contribution is 2.27. The summed E-state index contributed by atoms with van der Waals surface area (Å²) in [6.07, 6.45) is 15.2. The maximum absolute atomic E-state index is 10.7. The van der Waals surface area contributed by atoms with Crippen LogP contribution in [0, 0.1) is 0 Å². The van der Waals surface area contributed by atoms with E-state index >= 15 is 0 Å². The quantitative estimate of drug-likeness (QED) is 0.0361. The van der Waals surface area contributed by atoms with E-state index in [0.717, 1.165) is 32.2 Å². The summed E-state index contributed by atoms with van der Waals surface area (Å²) in [5.74, 6) is 0. The van der Waals surface area contributed by atoms with Crippen LogP contribution < -0.4 is 12.4 Å². The summed E-state index contributed by atoms with van der Waals surface area (Å²) in [5.41, 5.74) is 0. The van der Waals surface area contributed by atoms with Crippen LogP contribution in [0.1, 0.15) is 168 Å². The van der Waals surface area contributed by atoms with Crippen molar-refractivity contribution in [2.45, 2.75) is 235 Å². The van der Waals surface area contributed by atoms with E-state index in [2.05, 4.69) is 27.9 Å². The van der Waals surface area contributed by atoms with Crippen molar-refractivity contribution < 1.29 is 76.3 Å². The number of aliphatic hydroxyl groups excluding tert-OH is 7. The van der Waals surface area contributed by atoms with Crippen LogP contribution in [0.25, 0.3) is 0 Å². The van der Waals surface area contributed by atoms with Gasteiger partial charge in [-0.25, -0.2) is 0 Å². The van der Waals surface area contributed by atoms with Gasteiger partial charge in [-0.15, -0.1) is 0 Å². The number of halogens is 1. The second-order valence-corrected chi connectivity index (χ2v) is 18.0. The average molecular weight is 873 g/mol. The minimum Gasteiger partial charge on any atom is -1.00 e. The smallest absolute Gasteiger partial charge is 0.186 e. The highest BCUT2D eigenvalue weighted by atomic mass is 35.5. The van der Waals surface area contributed by atoms with E-state index < -0.39 is 67.5 Å². The molecule has 0 amide bonds. The molecule has 0 aliphatic carbocycles. The molecule has 0 spiro atoms. The van der Waals surface area contributed by atoms with Gasteiger partial charge in [0.05, 0.1) is 40.5 Å². The van der Waals surface area contributed by atoms with Crippen LogP contribution >= 0.6 is 0 Å². The average Bonchev–Trinajstić information content (AvgIpc) is 3.19. The second-order valence-electron chi connectivity index (χ2n) is 18.0. The van der Waals surface area contributed by atoms with Gasteiger partial charge in [0.1, 0.15) is 61.5 Å². The van der Waals surface area contributed by atoms with Gasteiger partial charge in [-0.05, 0) is 19.3 Å². The zero-order chi connectivity index (χ0) is 42.6. The summed E-state index contributed by atoms with van der Waals surface area (Å²) in [6, 6.07) is 0. The van der Waals surface area contributed by atoms with Gasteiger partial charge in [-0.1, -0.05) is 149 Å². The van der Waals surface area contributed by atoms with E-state index in [4.69, 9.17) is 23.7 Å². The summed E-state index contributed by atoms with van der Waals surface area (Å²) in [7, 11) is 4.19. The van der Waals surface area contributed by atoms with E-state index in [-0.39, 0.29) is 32.2 Å². The van der Waals surface area contributed by atoms with E-state index in [1.54, 1.807) is 0 Å². The Hall–Kier alpha value is -0.230. The third-order valence-electron chi connectivity index (χ3n) is 12.0. The molecule has 2 saturated heterocycles. The van der Waals surface area contributed by atoms with Gasteiger partial charge in [-0.3, -0.25) is 0 Å². The number of hydrogen-bond acceptors (Lipinski definition) is 12. The van der Waals surface area contributed by atoms with Crippen LogP contribution in [0.3, 0.4) is 0 Å². The second kappa shape index (κ2) is 34.2. The molecular formula is C45H90ClNO12. The fraction of sp³-hybridized carbons (Fsp3) is 1.00. The van der Waals surface area contributed by atoms with E-state index in [1.807, 2.05) is 0 Å². The number of hydrogen-bond donors (Lipinski definition) is 7. The molecule has 0 aromatic rings. The summed E-state index contributed by atoms with van der Waals surface area (Å²) in [6.45, 7) is 5.71. The van der Waals surface area contributed by atoms with E-state index in [1.165, 1.54) is 128 Å². The lowest BCUT2D eigenvalue weighted by atomic mass is 9.98. The molecular weight excluding hydrogens is 782 g/mol. The number of unbranched alkanes of at least 4 members (excludes halogenated alkanes) is 22. The van der Waals surface area contributed by atoms with Crippen LogP contribution in [0.2, 0.25) is 0 Å². The Labute approximate surface area is 364 Å². The molecule has 354 valence electrons. The Morgan fingerprint density at radius 2 is 0.847 bits per heavy atom. The van der Waals surface area contributed by atoms with Gasteiger partial charge in [0.2, 0.25) is 0 Å². The topological polar surface area (TPSA) is 188 Å². The lowest BCUT2D eigenvalue weighted by molar-refractivity contribution is -0.893. The summed E-state index contributed by atoms with van der Waals surface area (Å²) in [5, 5.41) is 74.2. The van der Waals surface area contributed by atoms with Gasteiger partial charge in [0.15, 0.2) is 12.6 Å². The molecule has 2 aliphatic heterocycles. The fourth-order valence-corrected chi connectivity index (χ4v) is 8.13. The summed E-state index contributed by atoms with van der Waals surface area (Å²) >= 11 is 0. The Bertz CT molecular complexity index is 972. The van der Waals surface area contributed by atoms with Crippen LogP contribution in [0.5, 0.6) is 0 Å². The number of likely N-dealkylation sites (N-methyl/N-ethyl adjacent to an activating group) is 1. The number of quaternary nitrogens is 1. The molecule has 11 atom stereocenters. The van der Waals surface area contributed by atoms with Gasteiger partial charge < -0.3 is 76.3 Å². The van der Waals surface area contributed by atoms with Crippen molar-refractivity contribution >= 4 is 0 Å². The van der Waals surface area contributed by atoms with Gasteiger partial charge >= 0.3 is 0 Å². The van der Waals surface area contributed by atoms with Crippen molar-refractivity contribution in [3.8, 4) is 0 Å². The maximum atomic E-state index is 10.7. The fourth-order valence-electron chi connectivity index (χ4n) is 8.13. The predicted molar refractivity (Wildman–Crippen MR) is 226 cm³/mol. The molecule has 2 heterocycles. The van der Waals surface area contributed by atoms with Crippen LogP contribution in [-0.2, 0) is 23.7 Å². The number of aliphatic hydroxyl groups is 7. The standard InChI is InChI=1S/C45H90NO12.ClH/c1-5-7-9-11-13-15-17-19-21-23-25-27-29-46(3,4)31-35(47)32-54-33-36-38(48)40(50)43(53)45(57-36)56-34-37-39(49)41(51)42(52)44(58-37)55-30-28-26-24-22-20-18-16-14-12-10-8-6-2;/h35-45,47-53H,5-34H2,1-4H3;1H/q+1;/p-1/t35?,36-,37-,38-,39-,40+,41+,42-,43-,44-,45+;/m1./s1. The highest BCUT2D eigenvalue weighted by Gasteiger charge is 2.47.